The van der Waals surface area contributed by atoms with Gasteiger partial charge in [-0.15, -0.1) is 0 Å². The Bertz CT molecular complexity index is 599. The van der Waals surface area contributed by atoms with Crippen molar-refractivity contribution in [1.29, 1.82) is 0 Å². The van der Waals surface area contributed by atoms with Crippen LogP contribution >= 0.6 is 0 Å². The van der Waals surface area contributed by atoms with Crippen LogP contribution in [0.15, 0.2) is 23.1 Å². The SMILES string of the molecule is CCc1nc2cccnc2n(C2CC2)c1=O. The first-order valence-corrected chi connectivity index (χ1v) is 5.67. The van der Waals surface area contributed by atoms with Gasteiger partial charge in [-0.25, -0.2) is 9.97 Å². The second kappa shape index (κ2) is 3.40. The Labute approximate surface area is 93.0 Å². The van der Waals surface area contributed by atoms with Gasteiger partial charge >= 0.3 is 0 Å². The lowest BCUT2D eigenvalue weighted by Crippen LogP contribution is -2.25. The number of aryl methyl sites for hydroxylation is 1. The zero-order valence-corrected chi connectivity index (χ0v) is 9.18. The van der Waals surface area contributed by atoms with Gasteiger partial charge in [-0.2, -0.15) is 0 Å². The summed E-state index contributed by atoms with van der Waals surface area (Å²) in [5.74, 6) is 0. The molecule has 0 spiro atoms. The van der Waals surface area contributed by atoms with Crippen molar-refractivity contribution < 1.29 is 0 Å². The maximum atomic E-state index is 12.2. The zero-order valence-electron chi connectivity index (χ0n) is 9.18. The first-order valence-electron chi connectivity index (χ1n) is 5.67. The molecule has 1 aliphatic carbocycles. The molecular weight excluding hydrogens is 202 g/mol. The average molecular weight is 215 g/mol. The van der Waals surface area contributed by atoms with Gasteiger partial charge in [0, 0.05) is 12.2 Å². The van der Waals surface area contributed by atoms with E-state index in [1.165, 1.54) is 0 Å². The monoisotopic (exact) mass is 215 g/mol. The maximum absolute atomic E-state index is 12.2. The minimum atomic E-state index is 0.0381. The number of pyridine rings is 1. The van der Waals surface area contributed by atoms with Gasteiger partial charge in [-0.05, 0) is 31.4 Å². The average Bonchev–Trinajstić information content (AvgIpc) is 3.12. The number of rotatable bonds is 2. The van der Waals surface area contributed by atoms with Crippen LogP contribution in [0.1, 0.15) is 31.5 Å². The summed E-state index contributed by atoms with van der Waals surface area (Å²) in [4.78, 5) is 20.8. The molecule has 82 valence electrons. The quantitative estimate of drug-likeness (QED) is 0.765. The largest absolute Gasteiger partial charge is 0.287 e. The van der Waals surface area contributed by atoms with Crippen molar-refractivity contribution in [3.8, 4) is 0 Å². The van der Waals surface area contributed by atoms with Gasteiger partial charge in [0.15, 0.2) is 5.65 Å². The maximum Gasteiger partial charge on any atom is 0.274 e. The summed E-state index contributed by atoms with van der Waals surface area (Å²) in [6.45, 7) is 1.96. The topological polar surface area (TPSA) is 47.8 Å². The van der Waals surface area contributed by atoms with Crippen molar-refractivity contribution in [3.05, 3.63) is 34.4 Å². The number of hydrogen-bond acceptors (Lipinski definition) is 3. The van der Waals surface area contributed by atoms with Crippen LogP contribution in [0.2, 0.25) is 0 Å². The molecule has 0 saturated heterocycles. The minimum Gasteiger partial charge on any atom is -0.287 e. The van der Waals surface area contributed by atoms with E-state index in [-0.39, 0.29) is 5.56 Å². The highest BCUT2D eigenvalue weighted by Gasteiger charge is 2.27. The van der Waals surface area contributed by atoms with Crippen LogP contribution in [0.5, 0.6) is 0 Å². The van der Waals surface area contributed by atoms with Crippen molar-refractivity contribution in [3.63, 3.8) is 0 Å². The molecule has 0 amide bonds. The smallest absolute Gasteiger partial charge is 0.274 e. The number of hydrogen-bond donors (Lipinski definition) is 0. The molecule has 0 aliphatic heterocycles. The zero-order chi connectivity index (χ0) is 11.1. The predicted molar refractivity (Wildman–Crippen MR) is 61.4 cm³/mol. The van der Waals surface area contributed by atoms with Gasteiger partial charge in [-0.3, -0.25) is 9.36 Å². The molecule has 0 unspecified atom stereocenters. The van der Waals surface area contributed by atoms with Crippen LogP contribution in [0.3, 0.4) is 0 Å². The molecule has 0 N–H and O–H groups in total. The molecule has 1 saturated carbocycles. The summed E-state index contributed by atoms with van der Waals surface area (Å²) in [6, 6.07) is 4.12. The number of aromatic nitrogens is 3. The summed E-state index contributed by atoms with van der Waals surface area (Å²) < 4.78 is 1.82. The summed E-state index contributed by atoms with van der Waals surface area (Å²) >= 11 is 0. The van der Waals surface area contributed by atoms with Crippen LogP contribution in [-0.2, 0) is 6.42 Å². The number of nitrogens with zero attached hydrogens (tertiary/aromatic N) is 3. The fourth-order valence-corrected chi connectivity index (χ4v) is 1.99. The van der Waals surface area contributed by atoms with Gasteiger partial charge < -0.3 is 0 Å². The highest BCUT2D eigenvalue weighted by atomic mass is 16.1. The van der Waals surface area contributed by atoms with Crippen LogP contribution in [-0.4, -0.2) is 14.5 Å². The van der Waals surface area contributed by atoms with Crippen molar-refractivity contribution >= 4 is 11.2 Å². The van der Waals surface area contributed by atoms with Gasteiger partial charge in [0.25, 0.3) is 5.56 Å². The Kier molecular flexibility index (Phi) is 2.02. The van der Waals surface area contributed by atoms with E-state index >= 15 is 0 Å². The third kappa shape index (κ3) is 1.33. The summed E-state index contributed by atoms with van der Waals surface area (Å²) in [5, 5.41) is 0. The highest BCUT2D eigenvalue weighted by Crippen LogP contribution is 2.35. The van der Waals surface area contributed by atoms with E-state index in [0.29, 0.717) is 18.2 Å². The van der Waals surface area contributed by atoms with E-state index in [4.69, 9.17) is 0 Å². The summed E-state index contributed by atoms with van der Waals surface area (Å²) in [5.41, 5.74) is 2.24. The fourth-order valence-electron chi connectivity index (χ4n) is 1.99. The van der Waals surface area contributed by atoms with E-state index in [1.807, 2.05) is 23.6 Å². The molecule has 4 nitrogen and oxygen atoms in total. The van der Waals surface area contributed by atoms with E-state index in [1.54, 1.807) is 6.20 Å². The lowest BCUT2D eigenvalue weighted by atomic mass is 10.3. The lowest BCUT2D eigenvalue weighted by molar-refractivity contribution is 0.709. The van der Waals surface area contributed by atoms with Crippen LogP contribution < -0.4 is 5.56 Å². The molecule has 2 aromatic rings. The van der Waals surface area contributed by atoms with E-state index in [9.17, 15) is 4.79 Å². The minimum absolute atomic E-state index is 0.0381. The molecule has 0 aromatic carbocycles. The predicted octanol–water partition coefficient (Wildman–Crippen LogP) is 1.69. The number of fused-ring (bicyclic) bond motifs is 1. The molecule has 1 aliphatic rings. The Balaban J connectivity index is 2.41. The first kappa shape index (κ1) is 9.51. The summed E-state index contributed by atoms with van der Waals surface area (Å²) in [6.07, 6.45) is 4.56. The fraction of sp³-hybridized carbons (Fsp3) is 0.417. The molecule has 0 bridgehead atoms. The van der Waals surface area contributed by atoms with Gasteiger partial charge in [0.1, 0.15) is 11.2 Å². The molecule has 0 atom stereocenters. The van der Waals surface area contributed by atoms with Crippen molar-refractivity contribution in [2.75, 3.05) is 0 Å². The molecular formula is C12H13N3O. The molecule has 1 fully saturated rings. The molecule has 2 heterocycles. The van der Waals surface area contributed by atoms with Crippen molar-refractivity contribution in [1.82, 2.24) is 14.5 Å². The van der Waals surface area contributed by atoms with E-state index in [2.05, 4.69) is 9.97 Å². The standard InChI is InChI=1S/C12H13N3O/c1-2-9-12(16)15(8-5-6-8)11-10(14-9)4-3-7-13-11/h3-4,7-8H,2,5-6H2,1H3. The highest BCUT2D eigenvalue weighted by molar-refractivity contribution is 5.70. The third-order valence-corrected chi connectivity index (χ3v) is 2.96. The van der Waals surface area contributed by atoms with Crippen molar-refractivity contribution in [2.24, 2.45) is 0 Å². The first-order chi connectivity index (χ1) is 7.81. The molecule has 2 aromatic heterocycles. The molecule has 3 rings (SSSR count). The van der Waals surface area contributed by atoms with Crippen molar-refractivity contribution in [2.45, 2.75) is 32.2 Å². The second-order valence-electron chi connectivity index (χ2n) is 4.16. The normalized spacial score (nSPS) is 15.6. The van der Waals surface area contributed by atoms with E-state index in [0.717, 1.165) is 24.0 Å². The Morgan fingerprint density at radius 1 is 1.50 bits per heavy atom. The lowest BCUT2D eigenvalue weighted by Gasteiger charge is -2.09. The molecule has 0 radical (unpaired) electrons. The Hall–Kier alpha value is -1.71. The van der Waals surface area contributed by atoms with Gasteiger partial charge in [-0.1, -0.05) is 6.92 Å². The van der Waals surface area contributed by atoms with Crippen LogP contribution in [0, 0.1) is 0 Å². The van der Waals surface area contributed by atoms with Gasteiger partial charge in [0.05, 0.1) is 0 Å². The summed E-state index contributed by atoms with van der Waals surface area (Å²) in [7, 11) is 0. The Morgan fingerprint density at radius 2 is 2.31 bits per heavy atom. The molecule has 16 heavy (non-hydrogen) atoms. The van der Waals surface area contributed by atoms with Crippen LogP contribution in [0.4, 0.5) is 0 Å². The van der Waals surface area contributed by atoms with Gasteiger partial charge in [0.2, 0.25) is 0 Å². The van der Waals surface area contributed by atoms with Crippen LogP contribution in [0.25, 0.3) is 11.2 Å². The second-order valence-corrected chi connectivity index (χ2v) is 4.16. The molecule has 4 heteroatoms. The third-order valence-electron chi connectivity index (χ3n) is 2.96. The van der Waals surface area contributed by atoms with E-state index < -0.39 is 0 Å². The Morgan fingerprint density at radius 3 is 3.00 bits per heavy atom.